The van der Waals surface area contributed by atoms with Crippen LogP contribution in [0.25, 0.3) is 31.8 Å². The van der Waals surface area contributed by atoms with E-state index >= 15 is 0 Å². The molecule has 4 amide bonds. The second-order valence-electron chi connectivity index (χ2n) is 25.6. The molecule has 1 saturated carbocycles. The van der Waals surface area contributed by atoms with Gasteiger partial charge in [-0.25, -0.2) is 15.0 Å². The van der Waals surface area contributed by atoms with Crippen LogP contribution in [-0.2, 0) is 29.1 Å². The van der Waals surface area contributed by atoms with Crippen LogP contribution in [0.2, 0.25) is 0 Å². The zero-order valence-electron chi connectivity index (χ0n) is 51.4. The minimum absolute atomic E-state index is 0.0340. The molecule has 4 atom stereocenters. The van der Waals surface area contributed by atoms with Gasteiger partial charge in [0, 0.05) is 106 Å². The number of carbonyl (C=O) groups is 4. The molecule has 464 valence electrons. The predicted molar refractivity (Wildman–Crippen MR) is 347 cm³/mol. The van der Waals surface area contributed by atoms with E-state index in [1.807, 2.05) is 118 Å². The number of likely N-dealkylation sites (tertiary alicyclic amines) is 2. The van der Waals surface area contributed by atoms with E-state index in [1.54, 1.807) is 11.3 Å². The number of aromatic nitrogens is 6. The van der Waals surface area contributed by atoms with E-state index < -0.39 is 18.1 Å². The number of β-amino-alcohol motifs (C(OH)–C–C–N with tert-alkyl or cyclic N) is 1. The fourth-order valence-corrected chi connectivity index (χ4v) is 15.7. The topological polar surface area (TPSA) is 220 Å². The van der Waals surface area contributed by atoms with E-state index in [2.05, 4.69) is 63.4 Å². The van der Waals surface area contributed by atoms with E-state index in [9.17, 15) is 24.3 Å². The van der Waals surface area contributed by atoms with Gasteiger partial charge in [-0.3, -0.25) is 29.2 Å². The first-order chi connectivity index (χ1) is 43.2. The Balaban J connectivity index is 0.630. The highest BCUT2D eigenvalue weighted by Gasteiger charge is 2.44. The maximum atomic E-state index is 14.8. The van der Waals surface area contributed by atoms with Gasteiger partial charge < -0.3 is 39.9 Å². The van der Waals surface area contributed by atoms with Crippen LogP contribution in [0.1, 0.15) is 139 Å². The zero-order valence-corrected chi connectivity index (χ0v) is 53.0. The molecule has 1 unspecified atom stereocenters. The molecule has 8 aromatic rings. The van der Waals surface area contributed by atoms with E-state index in [4.69, 9.17) is 14.6 Å². The van der Waals surface area contributed by atoms with Crippen LogP contribution in [-0.4, -0.2) is 132 Å². The number of para-hydroxylation sites is 1. The third-order valence-electron chi connectivity index (χ3n) is 19.1. The molecule has 4 aliphatic heterocycles. The summed E-state index contributed by atoms with van der Waals surface area (Å²) in [6.45, 7) is 16.2. The summed E-state index contributed by atoms with van der Waals surface area (Å²) in [7, 11) is 0. The number of aliphatic hydroxyl groups excluding tert-OH is 1. The van der Waals surface area contributed by atoms with Crippen molar-refractivity contribution in [2.75, 3.05) is 60.9 Å². The summed E-state index contributed by atoms with van der Waals surface area (Å²) >= 11 is 3.05. The van der Waals surface area contributed by atoms with Crippen molar-refractivity contribution < 1.29 is 28.8 Å². The number of piperidine rings is 1. The molecule has 21 heteroatoms. The van der Waals surface area contributed by atoms with Gasteiger partial charge in [-0.2, -0.15) is 5.10 Å². The van der Waals surface area contributed by atoms with Gasteiger partial charge in [0.25, 0.3) is 11.8 Å². The van der Waals surface area contributed by atoms with Crippen LogP contribution in [0.3, 0.4) is 0 Å². The predicted octanol–water partition coefficient (Wildman–Crippen LogP) is 10.6. The molecular formula is C68H79N13O6S2. The summed E-state index contributed by atoms with van der Waals surface area (Å²) in [5.74, 6) is 0.967. The number of pyridine rings is 1. The quantitative estimate of drug-likeness (QED) is 0.0628. The van der Waals surface area contributed by atoms with Gasteiger partial charge in [0.15, 0.2) is 16.7 Å². The van der Waals surface area contributed by atoms with Crippen LogP contribution < -0.4 is 25.8 Å². The molecule has 4 N–H and O–H groups in total. The normalized spacial score (nSPS) is 19.3. The number of rotatable bonds is 18. The molecule has 0 spiro atoms. The fraction of sp³-hybridized carbons (Fsp3) is 0.456. The molecular weight excluding hydrogens is 1160 g/mol. The molecule has 3 aromatic carbocycles. The van der Waals surface area contributed by atoms with E-state index in [0.717, 1.165) is 118 Å². The Labute approximate surface area is 527 Å². The fourth-order valence-electron chi connectivity index (χ4n) is 14.0. The Morgan fingerprint density at radius 1 is 0.798 bits per heavy atom. The van der Waals surface area contributed by atoms with Gasteiger partial charge in [-0.15, -0.1) is 11.3 Å². The lowest BCUT2D eigenvalue weighted by molar-refractivity contribution is -0.141. The number of carbonyl (C=O) groups excluding carboxylic acids is 4. The van der Waals surface area contributed by atoms with E-state index in [1.165, 1.54) is 48.3 Å². The SMILES string of the molecule is Cc1ncsc1-c1ccc([C@H](C)NC(=O)[C@@H]2C[C@@H](O)CN2C(=O)C(c2cc(N3CC(CN4CCC(NC(=O)c5nc(N6CCc7cccc(C(=O)Nc8nc9ccccc9s8)c7C6)ccc5-c5cnn(CC6CCCCC6)c5C)CC4)C3)no2)C(C)C)cc1. The molecule has 4 fully saturated rings. The Morgan fingerprint density at radius 2 is 1.60 bits per heavy atom. The number of aliphatic hydroxyl groups is 1. The maximum absolute atomic E-state index is 14.8. The lowest BCUT2D eigenvalue weighted by Gasteiger charge is -2.43. The Hall–Kier alpha value is -7.85. The third-order valence-corrected chi connectivity index (χ3v) is 21.0. The van der Waals surface area contributed by atoms with Crippen molar-refractivity contribution >= 4 is 73.3 Å². The number of amides is 4. The van der Waals surface area contributed by atoms with Crippen LogP contribution in [0.5, 0.6) is 0 Å². The number of nitrogens with one attached hydrogen (secondary N) is 3. The minimum Gasteiger partial charge on any atom is -0.391 e. The second-order valence-corrected chi connectivity index (χ2v) is 27.5. The Morgan fingerprint density at radius 3 is 2.36 bits per heavy atom. The summed E-state index contributed by atoms with van der Waals surface area (Å²) in [6, 6.07) is 26.6. The monoisotopic (exact) mass is 1240 g/mol. The first-order valence-corrected chi connectivity index (χ1v) is 33.5. The molecule has 1 aliphatic carbocycles. The number of thiazole rings is 2. The minimum atomic E-state index is -0.829. The largest absolute Gasteiger partial charge is 0.391 e. The lowest BCUT2D eigenvalue weighted by Crippen LogP contribution is -2.53. The summed E-state index contributed by atoms with van der Waals surface area (Å²) < 4.78 is 9.08. The average Bonchev–Trinajstić information content (AvgIpc) is 3.02. The van der Waals surface area contributed by atoms with Crippen molar-refractivity contribution in [1.29, 1.82) is 0 Å². The lowest BCUT2D eigenvalue weighted by atomic mass is 9.89. The van der Waals surface area contributed by atoms with Crippen molar-refractivity contribution in [3.05, 3.63) is 142 Å². The summed E-state index contributed by atoms with van der Waals surface area (Å²) in [5.41, 5.74) is 11.4. The molecule has 3 saturated heterocycles. The number of hydrogen-bond donors (Lipinski definition) is 4. The highest BCUT2D eigenvalue weighted by Crippen LogP contribution is 2.38. The Bertz CT molecular complexity index is 3840. The highest BCUT2D eigenvalue weighted by atomic mass is 32.1. The summed E-state index contributed by atoms with van der Waals surface area (Å²) in [6.07, 6.45) is 9.76. The third kappa shape index (κ3) is 12.9. The molecule has 9 heterocycles. The number of anilines is 3. The van der Waals surface area contributed by atoms with Crippen molar-refractivity contribution in [3.8, 4) is 21.6 Å². The van der Waals surface area contributed by atoms with Crippen LogP contribution >= 0.6 is 22.7 Å². The maximum Gasteiger partial charge on any atom is 0.270 e. The first kappa shape index (κ1) is 60.1. The van der Waals surface area contributed by atoms with Gasteiger partial charge in [0.1, 0.15) is 23.5 Å². The molecule has 89 heavy (non-hydrogen) atoms. The van der Waals surface area contributed by atoms with Gasteiger partial charge >= 0.3 is 0 Å². The highest BCUT2D eigenvalue weighted by molar-refractivity contribution is 7.22. The van der Waals surface area contributed by atoms with Crippen molar-refractivity contribution in [2.45, 2.75) is 136 Å². The number of benzene rings is 3. The molecule has 5 aromatic heterocycles. The number of hydrogen-bond acceptors (Lipinski definition) is 16. The van der Waals surface area contributed by atoms with Crippen molar-refractivity contribution in [2.24, 2.45) is 17.8 Å². The number of fused-ring (bicyclic) bond motifs is 2. The molecule has 0 radical (unpaired) electrons. The van der Waals surface area contributed by atoms with Gasteiger partial charge in [0.2, 0.25) is 11.8 Å². The molecule has 19 nitrogen and oxygen atoms in total. The van der Waals surface area contributed by atoms with E-state index in [-0.39, 0.29) is 54.6 Å². The Kier molecular flexibility index (Phi) is 17.5. The van der Waals surface area contributed by atoms with Crippen molar-refractivity contribution in [1.82, 2.24) is 50.3 Å². The van der Waals surface area contributed by atoms with Crippen molar-refractivity contribution in [3.63, 3.8) is 0 Å². The van der Waals surface area contributed by atoms with Gasteiger partial charge in [0.05, 0.1) is 44.6 Å². The van der Waals surface area contributed by atoms with Crippen LogP contribution in [0, 0.1) is 31.6 Å². The molecule has 5 aliphatic rings. The standard InChI is InChI=1S/C68H79N13O6S2/c1-40(2)61(67(86)80-37-50(82)30-56(80)65(84)71-41(3)46-18-20-48(21-19-46)63-42(4)69-39-88-63)57-31-60(76-87-57)79-34-45(35-79)33-77-27-25-49(26-28-77)72-66(85)62-51(53-32-70-81(43(53)5)36-44-12-7-6-8-13-44)22-23-59(74-62)78-29-24-47-14-11-15-52(54(47)38-78)64(83)75-68-73-55-16-9-10-17-58(55)89-68/h9-11,14-23,31-32,39-41,44-45,49-50,56,61,82H,6-8,12-13,24-30,33-38H2,1-5H3,(H,71,84)(H,72,85)(H,73,75,83)/t41-,50+,56-,61?/m0/s1. The van der Waals surface area contributed by atoms with E-state index in [0.29, 0.717) is 58.7 Å². The van der Waals surface area contributed by atoms with Gasteiger partial charge in [-0.1, -0.05) is 98.1 Å². The first-order valence-electron chi connectivity index (χ1n) is 31.8. The summed E-state index contributed by atoms with van der Waals surface area (Å²) in [5, 5.41) is 30.4. The smallest absolute Gasteiger partial charge is 0.270 e. The summed E-state index contributed by atoms with van der Waals surface area (Å²) in [4.78, 5) is 80.9. The molecule has 0 bridgehead atoms. The average molecular weight is 1240 g/mol. The van der Waals surface area contributed by atoms with Crippen LogP contribution in [0.15, 0.2) is 101 Å². The van der Waals surface area contributed by atoms with Crippen LogP contribution in [0.4, 0.5) is 16.8 Å². The number of nitrogens with zero attached hydrogens (tertiary/aromatic N) is 10. The number of aryl methyl sites for hydroxylation is 1. The zero-order chi connectivity index (χ0) is 61.4. The second kappa shape index (κ2) is 25.9. The molecule has 13 rings (SSSR count). The van der Waals surface area contributed by atoms with Gasteiger partial charge in [-0.05, 0) is 117 Å².